The van der Waals surface area contributed by atoms with Gasteiger partial charge in [0.25, 0.3) is 0 Å². The van der Waals surface area contributed by atoms with Crippen LogP contribution in [-0.4, -0.2) is 22.8 Å². The molecule has 0 bridgehead atoms. The highest BCUT2D eigenvalue weighted by molar-refractivity contribution is 7.98. The summed E-state index contributed by atoms with van der Waals surface area (Å²) >= 11 is 1.93. The van der Waals surface area contributed by atoms with Crippen LogP contribution in [0.4, 0.5) is 5.82 Å². The van der Waals surface area contributed by atoms with E-state index in [1.165, 1.54) is 42.7 Å². The van der Waals surface area contributed by atoms with E-state index in [-0.39, 0.29) is 0 Å². The summed E-state index contributed by atoms with van der Waals surface area (Å²) in [7, 11) is 1.97. The van der Waals surface area contributed by atoms with Gasteiger partial charge in [-0.05, 0) is 37.9 Å². The number of rotatable bonds is 5. The average Bonchev–Trinajstić information content (AvgIpc) is 2.63. The largest absolute Gasteiger partial charge is 0.373 e. The van der Waals surface area contributed by atoms with Crippen LogP contribution in [0.15, 0.2) is 0 Å². The lowest BCUT2D eigenvalue weighted by atomic mass is 10.1. The third-order valence-corrected chi connectivity index (χ3v) is 4.46. The molecule has 1 aromatic heterocycles. The molecule has 0 saturated heterocycles. The first-order valence-electron chi connectivity index (χ1n) is 6.99. The van der Waals surface area contributed by atoms with Crippen molar-refractivity contribution >= 4 is 17.6 Å². The highest BCUT2D eigenvalue weighted by Gasteiger charge is 2.15. The van der Waals surface area contributed by atoms with Crippen molar-refractivity contribution in [2.45, 2.75) is 51.2 Å². The van der Waals surface area contributed by atoms with Gasteiger partial charge in [0, 0.05) is 18.3 Å². The number of fused-ring (bicyclic) bond motifs is 1. The molecule has 2 rings (SSSR count). The summed E-state index contributed by atoms with van der Waals surface area (Å²) in [6, 6.07) is 0. The van der Waals surface area contributed by atoms with Crippen LogP contribution in [0.25, 0.3) is 0 Å². The lowest BCUT2D eigenvalue weighted by Gasteiger charge is -2.12. The summed E-state index contributed by atoms with van der Waals surface area (Å²) in [6.07, 6.45) is 7.34. The van der Waals surface area contributed by atoms with E-state index in [0.717, 1.165) is 30.2 Å². The molecule has 0 fully saturated rings. The van der Waals surface area contributed by atoms with Gasteiger partial charge in [0.2, 0.25) is 0 Å². The Morgan fingerprint density at radius 3 is 2.78 bits per heavy atom. The van der Waals surface area contributed by atoms with Gasteiger partial charge in [0.1, 0.15) is 11.6 Å². The maximum atomic E-state index is 4.78. The van der Waals surface area contributed by atoms with Crippen molar-refractivity contribution in [1.29, 1.82) is 0 Å². The predicted molar refractivity (Wildman–Crippen MR) is 79.3 cm³/mol. The second kappa shape index (κ2) is 6.98. The van der Waals surface area contributed by atoms with E-state index in [0.29, 0.717) is 0 Å². The molecule has 1 N–H and O–H groups in total. The summed E-state index contributed by atoms with van der Waals surface area (Å²) < 4.78 is 0. The topological polar surface area (TPSA) is 37.8 Å². The van der Waals surface area contributed by atoms with E-state index in [2.05, 4.69) is 17.2 Å². The fourth-order valence-corrected chi connectivity index (χ4v) is 3.15. The van der Waals surface area contributed by atoms with Crippen LogP contribution < -0.4 is 5.32 Å². The molecule has 0 radical (unpaired) electrons. The first-order chi connectivity index (χ1) is 8.85. The van der Waals surface area contributed by atoms with Crippen LogP contribution in [0.1, 0.15) is 49.7 Å². The smallest absolute Gasteiger partial charge is 0.140 e. The number of anilines is 1. The summed E-state index contributed by atoms with van der Waals surface area (Å²) in [6.45, 7) is 2.21. The van der Waals surface area contributed by atoms with Gasteiger partial charge in [-0.25, -0.2) is 9.97 Å². The normalized spacial score (nSPS) is 15.0. The van der Waals surface area contributed by atoms with E-state index < -0.39 is 0 Å². The second-order valence-electron chi connectivity index (χ2n) is 4.78. The number of aromatic nitrogens is 2. The van der Waals surface area contributed by atoms with Gasteiger partial charge in [0.05, 0.1) is 5.75 Å². The van der Waals surface area contributed by atoms with E-state index in [9.17, 15) is 0 Å². The molecule has 0 aliphatic heterocycles. The van der Waals surface area contributed by atoms with Crippen molar-refractivity contribution in [3.63, 3.8) is 0 Å². The van der Waals surface area contributed by atoms with Gasteiger partial charge in [-0.3, -0.25) is 0 Å². The number of aryl methyl sites for hydroxylation is 1. The van der Waals surface area contributed by atoms with Gasteiger partial charge in [-0.15, -0.1) is 0 Å². The maximum Gasteiger partial charge on any atom is 0.140 e. The fourth-order valence-electron chi connectivity index (χ4n) is 2.40. The molecule has 4 heteroatoms. The highest BCUT2D eigenvalue weighted by atomic mass is 32.2. The number of thioether (sulfide) groups is 1. The van der Waals surface area contributed by atoms with Gasteiger partial charge < -0.3 is 5.32 Å². The van der Waals surface area contributed by atoms with Crippen molar-refractivity contribution in [3.8, 4) is 0 Å². The molecule has 3 nitrogen and oxygen atoms in total. The molecule has 0 aromatic carbocycles. The Hall–Kier alpha value is -0.770. The lowest BCUT2D eigenvalue weighted by molar-refractivity contribution is 0.708. The maximum absolute atomic E-state index is 4.78. The predicted octanol–water partition coefficient (Wildman–Crippen LogP) is 3.43. The van der Waals surface area contributed by atoms with E-state index in [1.807, 2.05) is 18.8 Å². The summed E-state index contributed by atoms with van der Waals surface area (Å²) in [5.74, 6) is 4.19. The zero-order valence-corrected chi connectivity index (χ0v) is 12.3. The number of hydrogen-bond acceptors (Lipinski definition) is 4. The van der Waals surface area contributed by atoms with Crippen LogP contribution >= 0.6 is 11.8 Å². The number of nitrogens with one attached hydrogen (secondary N) is 1. The summed E-state index contributed by atoms with van der Waals surface area (Å²) in [5, 5.41) is 3.25. The van der Waals surface area contributed by atoms with E-state index in [1.54, 1.807) is 0 Å². The number of hydrogen-bond donors (Lipinski definition) is 1. The minimum Gasteiger partial charge on any atom is -0.373 e. The minimum absolute atomic E-state index is 0.940. The third-order valence-electron chi connectivity index (χ3n) is 3.30. The van der Waals surface area contributed by atoms with Crippen molar-refractivity contribution in [1.82, 2.24) is 9.97 Å². The van der Waals surface area contributed by atoms with Crippen LogP contribution in [0.2, 0.25) is 0 Å². The molecule has 18 heavy (non-hydrogen) atoms. The standard InChI is InChI=1S/C14H23N3S/c1-3-9-18-10-13-16-12-8-6-4-5-7-11(12)14(15-2)17-13/h3-10H2,1-2H3,(H,15,16,17). The van der Waals surface area contributed by atoms with Gasteiger partial charge >= 0.3 is 0 Å². The summed E-state index contributed by atoms with van der Waals surface area (Å²) in [5.41, 5.74) is 2.65. The monoisotopic (exact) mass is 265 g/mol. The van der Waals surface area contributed by atoms with Crippen LogP contribution in [0, 0.1) is 0 Å². The lowest BCUT2D eigenvalue weighted by Crippen LogP contribution is -2.08. The Bertz CT molecular complexity index is 393. The second-order valence-corrected chi connectivity index (χ2v) is 5.88. The molecular formula is C14H23N3S. The van der Waals surface area contributed by atoms with E-state index >= 15 is 0 Å². The molecule has 100 valence electrons. The fraction of sp³-hybridized carbons (Fsp3) is 0.714. The van der Waals surface area contributed by atoms with Crippen LogP contribution in [0.5, 0.6) is 0 Å². The third kappa shape index (κ3) is 3.37. The Kier molecular flexibility index (Phi) is 5.29. The molecule has 1 aliphatic carbocycles. The summed E-state index contributed by atoms with van der Waals surface area (Å²) in [4.78, 5) is 9.46. The molecule has 0 amide bonds. The van der Waals surface area contributed by atoms with Crippen LogP contribution in [0.3, 0.4) is 0 Å². The Labute approximate surface area is 114 Å². The quantitative estimate of drug-likeness (QED) is 0.654. The van der Waals surface area contributed by atoms with Crippen LogP contribution in [-0.2, 0) is 18.6 Å². The molecule has 0 spiro atoms. The first-order valence-corrected chi connectivity index (χ1v) is 8.14. The van der Waals surface area contributed by atoms with Gasteiger partial charge in [0.15, 0.2) is 0 Å². The molecule has 0 saturated carbocycles. The SMILES string of the molecule is CCCSCc1nc2c(c(NC)n1)CCCCC2. The minimum atomic E-state index is 0.940. The van der Waals surface area contributed by atoms with Crippen molar-refractivity contribution < 1.29 is 0 Å². The molecular weight excluding hydrogens is 242 g/mol. The Morgan fingerprint density at radius 1 is 1.17 bits per heavy atom. The zero-order valence-electron chi connectivity index (χ0n) is 11.5. The van der Waals surface area contributed by atoms with Gasteiger partial charge in [-0.2, -0.15) is 11.8 Å². The molecule has 1 heterocycles. The first kappa shape index (κ1) is 13.7. The average molecular weight is 265 g/mol. The molecule has 1 aromatic rings. The van der Waals surface area contributed by atoms with Crippen molar-refractivity contribution in [2.75, 3.05) is 18.1 Å². The van der Waals surface area contributed by atoms with E-state index in [4.69, 9.17) is 4.98 Å². The molecule has 0 unspecified atom stereocenters. The van der Waals surface area contributed by atoms with Crippen molar-refractivity contribution in [2.24, 2.45) is 0 Å². The number of nitrogens with zero attached hydrogens (tertiary/aromatic N) is 2. The zero-order chi connectivity index (χ0) is 12.8. The molecule has 0 atom stereocenters. The highest BCUT2D eigenvalue weighted by Crippen LogP contribution is 2.25. The Morgan fingerprint density at radius 2 is 2.00 bits per heavy atom. The van der Waals surface area contributed by atoms with Gasteiger partial charge in [-0.1, -0.05) is 13.3 Å². The molecule has 1 aliphatic rings. The Balaban J connectivity index is 2.19. The van der Waals surface area contributed by atoms with Crippen molar-refractivity contribution in [3.05, 3.63) is 17.1 Å².